The number of likely N-dealkylation sites (N-methyl/N-ethyl adjacent to an activating group) is 1. The van der Waals surface area contributed by atoms with Crippen molar-refractivity contribution < 1.29 is 4.79 Å². The predicted octanol–water partition coefficient (Wildman–Crippen LogP) is 4.69. The van der Waals surface area contributed by atoms with Crippen molar-refractivity contribution in [2.24, 2.45) is 5.92 Å². The molecule has 3 heterocycles. The standard InChI is InChI=1S/C25H28N4OS/c1-28-10-12-29(13-11-28)25-27-17-24(31-25)23(30)15-19(18-6-2-3-7-18)14-20-16-26-22-9-5-4-8-21(20)22/h2-6,8-9,16-17,19,26H,7,10-15H2,1H3. The first-order chi connectivity index (χ1) is 15.2. The van der Waals surface area contributed by atoms with Gasteiger partial charge in [0.2, 0.25) is 0 Å². The molecular weight excluding hydrogens is 404 g/mol. The summed E-state index contributed by atoms with van der Waals surface area (Å²) in [7, 11) is 2.15. The smallest absolute Gasteiger partial charge is 0.186 e. The van der Waals surface area contributed by atoms with Crippen molar-refractivity contribution in [1.29, 1.82) is 0 Å². The number of para-hydroxylation sites is 1. The third-order valence-corrected chi connectivity index (χ3v) is 7.54. The molecule has 1 saturated heterocycles. The number of aromatic amines is 1. The number of rotatable bonds is 7. The topological polar surface area (TPSA) is 52.2 Å². The average molecular weight is 433 g/mol. The normalized spacial score (nSPS) is 18.0. The summed E-state index contributed by atoms with van der Waals surface area (Å²) >= 11 is 1.55. The van der Waals surface area contributed by atoms with Crippen molar-refractivity contribution >= 4 is 33.2 Å². The number of H-pyrrole nitrogens is 1. The molecule has 1 unspecified atom stereocenters. The number of hydrogen-bond acceptors (Lipinski definition) is 5. The van der Waals surface area contributed by atoms with E-state index in [1.54, 1.807) is 17.5 Å². The lowest BCUT2D eigenvalue weighted by Gasteiger charge is -2.32. The number of hydrogen-bond donors (Lipinski definition) is 1. The lowest BCUT2D eigenvalue weighted by molar-refractivity contribution is 0.0971. The quantitative estimate of drug-likeness (QED) is 0.550. The van der Waals surface area contributed by atoms with Crippen LogP contribution in [-0.4, -0.2) is 53.9 Å². The Kier molecular flexibility index (Phi) is 5.74. The van der Waals surface area contributed by atoms with E-state index in [1.807, 2.05) is 0 Å². The summed E-state index contributed by atoms with van der Waals surface area (Å²) in [5.41, 5.74) is 3.78. The van der Waals surface area contributed by atoms with Gasteiger partial charge in [-0.25, -0.2) is 4.98 Å². The van der Waals surface area contributed by atoms with E-state index in [9.17, 15) is 4.79 Å². The first-order valence-electron chi connectivity index (χ1n) is 11.0. The summed E-state index contributed by atoms with van der Waals surface area (Å²) < 4.78 is 0. The van der Waals surface area contributed by atoms with Crippen LogP contribution in [0, 0.1) is 5.92 Å². The Morgan fingerprint density at radius 1 is 1.23 bits per heavy atom. The number of nitrogens with zero attached hydrogens (tertiary/aromatic N) is 3. The molecule has 0 spiro atoms. The number of aromatic nitrogens is 2. The van der Waals surface area contributed by atoms with Crippen molar-refractivity contribution in [2.75, 3.05) is 38.1 Å². The minimum absolute atomic E-state index is 0.204. The van der Waals surface area contributed by atoms with Crippen LogP contribution in [0.4, 0.5) is 5.13 Å². The lowest BCUT2D eigenvalue weighted by Crippen LogP contribution is -2.44. The zero-order chi connectivity index (χ0) is 21.2. The summed E-state index contributed by atoms with van der Waals surface area (Å²) in [6, 6.07) is 8.39. The molecule has 1 atom stereocenters. The number of allylic oxidation sites excluding steroid dienone is 4. The van der Waals surface area contributed by atoms with Gasteiger partial charge in [-0.15, -0.1) is 0 Å². The number of carbonyl (C=O) groups is 1. The van der Waals surface area contributed by atoms with Crippen LogP contribution < -0.4 is 4.90 Å². The number of anilines is 1. The van der Waals surface area contributed by atoms with Crippen LogP contribution in [0.2, 0.25) is 0 Å². The molecule has 5 rings (SSSR count). The van der Waals surface area contributed by atoms with Gasteiger partial charge in [-0.05, 0) is 37.4 Å². The largest absolute Gasteiger partial charge is 0.361 e. The van der Waals surface area contributed by atoms with Crippen molar-refractivity contribution in [1.82, 2.24) is 14.9 Å². The summed E-state index contributed by atoms with van der Waals surface area (Å²) in [5, 5.41) is 2.23. The number of Topliss-reactive ketones (excluding diaryl/α,β-unsaturated/α-hetero) is 1. The number of piperazine rings is 1. The van der Waals surface area contributed by atoms with Gasteiger partial charge in [-0.2, -0.15) is 0 Å². The number of fused-ring (bicyclic) bond motifs is 1. The van der Waals surface area contributed by atoms with E-state index in [0.29, 0.717) is 6.42 Å². The molecular formula is C25H28N4OS. The fourth-order valence-electron chi connectivity index (χ4n) is 4.53. The fraction of sp³-hybridized carbons (Fsp3) is 0.360. The molecule has 0 amide bonds. The highest BCUT2D eigenvalue weighted by Crippen LogP contribution is 2.32. The summed E-state index contributed by atoms with van der Waals surface area (Å²) in [6.07, 6.45) is 12.7. The van der Waals surface area contributed by atoms with Crippen LogP contribution in [0.15, 0.2) is 60.5 Å². The number of nitrogens with one attached hydrogen (secondary N) is 1. The van der Waals surface area contributed by atoms with Gasteiger partial charge in [0, 0.05) is 49.7 Å². The van der Waals surface area contributed by atoms with Crippen LogP contribution in [0.25, 0.3) is 10.9 Å². The zero-order valence-electron chi connectivity index (χ0n) is 17.9. The van der Waals surface area contributed by atoms with Crippen molar-refractivity contribution in [2.45, 2.75) is 19.3 Å². The molecule has 1 fully saturated rings. The first-order valence-corrected chi connectivity index (χ1v) is 11.8. The molecule has 1 aromatic carbocycles. The van der Waals surface area contributed by atoms with Crippen LogP contribution >= 0.6 is 11.3 Å². The van der Waals surface area contributed by atoms with Gasteiger partial charge >= 0.3 is 0 Å². The third kappa shape index (κ3) is 4.36. The lowest BCUT2D eigenvalue weighted by atomic mass is 9.86. The second-order valence-corrected chi connectivity index (χ2v) is 9.57. The van der Waals surface area contributed by atoms with Gasteiger partial charge in [-0.1, -0.05) is 53.3 Å². The second kappa shape index (κ2) is 8.81. The van der Waals surface area contributed by atoms with E-state index in [0.717, 1.165) is 54.5 Å². The summed E-state index contributed by atoms with van der Waals surface area (Å²) in [4.78, 5) is 26.6. The molecule has 3 aromatic rings. The number of thiazole rings is 1. The molecule has 31 heavy (non-hydrogen) atoms. The van der Waals surface area contributed by atoms with Gasteiger partial charge in [0.05, 0.1) is 11.1 Å². The minimum atomic E-state index is 0.204. The van der Waals surface area contributed by atoms with Crippen molar-refractivity contribution in [3.63, 3.8) is 0 Å². The Balaban J connectivity index is 1.32. The Hall–Kier alpha value is -2.70. The Bertz CT molecular complexity index is 1130. The highest BCUT2D eigenvalue weighted by molar-refractivity contribution is 7.17. The molecule has 6 heteroatoms. The van der Waals surface area contributed by atoms with E-state index in [4.69, 9.17) is 0 Å². The SMILES string of the molecule is CN1CCN(c2ncc(C(=O)CC(Cc3c[nH]c4ccccc34)C3=CC=CC3)s2)CC1. The maximum Gasteiger partial charge on any atom is 0.186 e. The highest BCUT2D eigenvalue weighted by Gasteiger charge is 2.24. The third-order valence-electron chi connectivity index (χ3n) is 6.44. The molecule has 2 aliphatic rings. The monoisotopic (exact) mass is 432 g/mol. The number of ketones is 1. The highest BCUT2D eigenvalue weighted by atomic mass is 32.1. The average Bonchev–Trinajstić information content (AvgIpc) is 3.55. The van der Waals surface area contributed by atoms with Gasteiger partial charge in [0.1, 0.15) is 0 Å². The van der Waals surface area contributed by atoms with E-state index in [-0.39, 0.29) is 11.7 Å². The maximum absolute atomic E-state index is 13.2. The molecule has 0 saturated carbocycles. The number of carbonyl (C=O) groups excluding carboxylic acids is 1. The van der Waals surface area contributed by atoms with E-state index in [1.165, 1.54) is 16.5 Å². The summed E-state index contributed by atoms with van der Waals surface area (Å²) in [6.45, 7) is 4.02. The number of benzene rings is 1. The van der Waals surface area contributed by atoms with E-state index in [2.05, 4.69) is 75.5 Å². The molecule has 1 aliphatic carbocycles. The van der Waals surface area contributed by atoms with Gasteiger partial charge in [-0.3, -0.25) is 4.79 Å². The van der Waals surface area contributed by atoms with Crippen LogP contribution in [0.3, 0.4) is 0 Å². The van der Waals surface area contributed by atoms with E-state index < -0.39 is 0 Å². The van der Waals surface area contributed by atoms with Gasteiger partial charge < -0.3 is 14.8 Å². The van der Waals surface area contributed by atoms with Crippen molar-refractivity contribution in [3.8, 4) is 0 Å². The van der Waals surface area contributed by atoms with E-state index >= 15 is 0 Å². The Labute approximate surface area is 187 Å². The molecule has 160 valence electrons. The maximum atomic E-state index is 13.2. The minimum Gasteiger partial charge on any atom is -0.361 e. The van der Waals surface area contributed by atoms with Gasteiger partial charge in [0.15, 0.2) is 10.9 Å². The van der Waals surface area contributed by atoms with Crippen LogP contribution in [0.1, 0.15) is 28.1 Å². The van der Waals surface area contributed by atoms with Crippen LogP contribution in [-0.2, 0) is 6.42 Å². The molecule has 0 radical (unpaired) electrons. The molecule has 5 nitrogen and oxygen atoms in total. The predicted molar refractivity (Wildman–Crippen MR) is 128 cm³/mol. The first kappa shape index (κ1) is 20.2. The molecule has 1 aliphatic heterocycles. The molecule has 0 bridgehead atoms. The fourth-order valence-corrected chi connectivity index (χ4v) is 5.45. The summed E-state index contributed by atoms with van der Waals surface area (Å²) in [5.74, 6) is 0.409. The molecule has 2 aromatic heterocycles. The zero-order valence-corrected chi connectivity index (χ0v) is 18.7. The van der Waals surface area contributed by atoms with Gasteiger partial charge in [0.25, 0.3) is 0 Å². The van der Waals surface area contributed by atoms with Crippen LogP contribution in [0.5, 0.6) is 0 Å². The Morgan fingerprint density at radius 2 is 2.06 bits per heavy atom. The second-order valence-electron chi connectivity index (χ2n) is 8.56. The van der Waals surface area contributed by atoms with Crippen molar-refractivity contribution in [3.05, 3.63) is 70.9 Å². The Morgan fingerprint density at radius 3 is 2.87 bits per heavy atom. The molecule has 1 N–H and O–H groups in total.